The van der Waals surface area contributed by atoms with E-state index < -0.39 is 35.5 Å². The fourth-order valence-electron chi connectivity index (χ4n) is 5.55. The van der Waals surface area contributed by atoms with Gasteiger partial charge >= 0.3 is 12.4 Å². The van der Waals surface area contributed by atoms with Crippen LogP contribution in [0.3, 0.4) is 0 Å². The minimum absolute atomic E-state index is 0.00762. The highest BCUT2D eigenvalue weighted by Gasteiger charge is 2.52. The number of carbonyl (C=O) groups excluding carboxylic acids is 3. The first-order valence-corrected chi connectivity index (χ1v) is 15.8. The topological polar surface area (TPSA) is 93.7 Å². The number of anilines is 1. The molecule has 2 amide bonds. The number of rotatable bonds is 11. The molecule has 0 aromatic heterocycles. The van der Waals surface area contributed by atoms with Crippen LogP contribution in [0.15, 0.2) is 36.4 Å². The van der Waals surface area contributed by atoms with Gasteiger partial charge in [0.2, 0.25) is 5.91 Å². The van der Waals surface area contributed by atoms with Crippen LogP contribution in [0.25, 0.3) is 0 Å². The Morgan fingerprint density at radius 1 is 0.936 bits per heavy atom. The molecule has 1 atom stereocenters. The predicted molar refractivity (Wildman–Crippen MR) is 162 cm³/mol. The quantitative estimate of drug-likeness (QED) is 0.183. The van der Waals surface area contributed by atoms with Gasteiger partial charge in [-0.15, -0.1) is 0 Å². The van der Waals surface area contributed by atoms with Gasteiger partial charge < -0.3 is 20.1 Å². The molecule has 14 heteroatoms. The van der Waals surface area contributed by atoms with E-state index in [9.17, 15) is 40.7 Å². The molecule has 1 aliphatic heterocycles. The second-order valence-electron chi connectivity index (χ2n) is 12.6. The zero-order chi connectivity index (χ0) is 34.6. The Labute approximate surface area is 273 Å². The minimum atomic E-state index is -4.76. The Kier molecular flexibility index (Phi) is 11.5. The van der Waals surface area contributed by atoms with Gasteiger partial charge in [0.25, 0.3) is 5.91 Å². The van der Waals surface area contributed by atoms with Crippen LogP contribution in [0, 0.1) is 17.3 Å². The van der Waals surface area contributed by atoms with Crippen molar-refractivity contribution in [1.29, 1.82) is 0 Å². The molecule has 2 aromatic rings. The monoisotopic (exact) mass is 690 g/mol. The molecular weight excluding hydrogens is 654 g/mol. The first kappa shape index (κ1) is 36.5. The number of alkyl halides is 6. The molecule has 1 saturated carbocycles. The van der Waals surface area contributed by atoms with E-state index in [4.69, 9.17) is 21.1 Å². The van der Waals surface area contributed by atoms with Crippen molar-refractivity contribution < 1.29 is 50.2 Å². The van der Waals surface area contributed by atoms with Crippen LogP contribution in [0.1, 0.15) is 85.1 Å². The number of halogens is 7. The van der Waals surface area contributed by atoms with Gasteiger partial charge in [0.05, 0.1) is 35.3 Å². The Balaban J connectivity index is 1.45. The second-order valence-corrected chi connectivity index (χ2v) is 13.0. The summed E-state index contributed by atoms with van der Waals surface area (Å²) in [7, 11) is 0. The second kappa shape index (κ2) is 14.8. The van der Waals surface area contributed by atoms with Crippen LogP contribution in [-0.4, -0.2) is 49.3 Å². The third-order valence-electron chi connectivity index (χ3n) is 8.81. The lowest BCUT2D eigenvalue weighted by Crippen LogP contribution is -2.46. The van der Waals surface area contributed by atoms with E-state index in [0.29, 0.717) is 50.2 Å². The predicted octanol–water partition coefficient (Wildman–Crippen LogP) is 8.30. The molecule has 4 rings (SSSR count). The molecule has 0 bridgehead atoms. The number of carbonyl (C=O) groups is 3. The van der Waals surface area contributed by atoms with Gasteiger partial charge in [-0.25, -0.2) is 0 Å². The van der Waals surface area contributed by atoms with Crippen LogP contribution in [0.5, 0.6) is 5.75 Å². The standard InChI is InChI=1S/C33H37ClF6N2O5/c1-31(2,33(38,39)40)30(45)41-17-20-5-10-26(34)24(15-20)29(44)42-22-9-12-28(47-23-13-14-46-18-23)25(16-22)27(43)11-6-19-3-7-21(8-4-19)32(35,36)37/h5,9-10,12,15-16,19,21,23H,3-4,6-8,11,13-14,17-18H2,1-2H3,(H,41,45)(H,42,44). The van der Waals surface area contributed by atoms with Gasteiger partial charge in [-0.2, -0.15) is 26.3 Å². The number of benzene rings is 2. The van der Waals surface area contributed by atoms with E-state index in [-0.39, 0.29) is 65.4 Å². The molecule has 1 aliphatic carbocycles. The molecule has 47 heavy (non-hydrogen) atoms. The molecule has 0 radical (unpaired) electrons. The van der Waals surface area contributed by atoms with Crippen LogP contribution in [0.4, 0.5) is 32.0 Å². The molecule has 2 aromatic carbocycles. The molecule has 1 unspecified atom stereocenters. The normalized spacial score (nSPS) is 20.5. The third-order valence-corrected chi connectivity index (χ3v) is 9.14. The highest BCUT2D eigenvalue weighted by molar-refractivity contribution is 6.34. The average Bonchev–Trinajstić information content (AvgIpc) is 3.52. The Bertz CT molecular complexity index is 1450. The average molecular weight is 691 g/mol. The van der Waals surface area contributed by atoms with E-state index in [1.807, 2.05) is 0 Å². The van der Waals surface area contributed by atoms with Crippen LogP contribution < -0.4 is 15.4 Å². The lowest BCUT2D eigenvalue weighted by atomic mass is 9.79. The van der Waals surface area contributed by atoms with Crippen molar-refractivity contribution in [3.05, 3.63) is 58.1 Å². The molecule has 1 saturated heterocycles. The summed E-state index contributed by atoms with van der Waals surface area (Å²) in [4.78, 5) is 38.9. The first-order valence-electron chi connectivity index (χ1n) is 15.4. The van der Waals surface area contributed by atoms with Crippen LogP contribution in [0.2, 0.25) is 5.02 Å². The van der Waals surface area contributed by atoms with Gasteiger partial charge in [0.15, 0.2) is 5.78 Å². The van der Waals surface area contributed by atoms with E-state index in [0.717, 1.165) is 13.8 Å². The summed E-state index contributed by atoms with van der Waals surface area (Å²) in [6.45, 7) is 2.10. The summed E-state index contributed by atoms with van der Waals surface area (Å²) in [5.74, 6) is -3.21. The van der Waals surface area contributed by atoms with Gasteiger partial charge in [0.1, 0.15) is 17.3 Å². The summed E-state index contributed by atoms with van der Waals surface area (Å²) >= 11 is 6.26. The smallest absolute Gasteiger partial charge is 0.402 e. The number of hydrogen-bond donors (Lipinski definition) is 2. The Hall–Kier alpha value is -3.32. The maximum Gasteiger partial charge on any atom is 0.402 e. The molecule has 1 heterocycles. The third kappa shape index (κ3) is 9.40. The molecule has 2 fully saturated rings. The van der Waals surface area contributed by atoms with E-state index in [2.05, 4.69) is 10.6 Å². The lowest BCUT2D eigenvalue weighted by Gasteiger charge is -2.29. The molecule has 258 valence electrons. The zero-order valence-corrected chi connectivity index (χ0v) is 26.7. The van der Waals surface area contributed by atoms with E-state index in [1.54, 1.807) is 6.07 Å². The molecule has 0 spiro atoms. The van der Waals surface area contributed by atoms with Crippen molar-refractivity contribution in [1.82, 2.24) is 5.32 Å². The van der Waals surface area contributed by atoms with Crippen molar-refractivity contribution in [2.45, 2.75) is 83.8 Å². The van der Waals surface area contributed by atoms with E-state index >= 15 is 0 Å². The number of nitrogens with one attached hydrogen (secondary N) is 2. The van der Waals surface area contributed by atoms with Crippen molar-refractivity contribution >= 4 is 34.9 Å². The lowest BCUT2D eigenvalue weighted by molar-refractivity contribution is -0.211. The highest BCUT2D eigenvalue weighted by atomic mass is 35.5. The van der Waals surface area contributed by atoms with Crippen LogP contribution in [-0.2, 0) is 16.1 Å². The fraction of sp³-hybridized carbons (Fsp3) is 0.545. The first-order chi connectivity index (χ1) is 22.0. The molecule has 2 N–H and O–H groups in total. The number of ketones is 1. The molecule has 7 nitrogen and oxygen atoms in total. The Morgan fingerprint density at radius 3 is 2.26 bits per heavy atom. The maximum atomic E-state index is 13.4. The fourth-order valence-corrected chi connectivity index (χ4v) is 5.75. The summed E-state index contributed by atoms with van der Waals surface area (Å²) in [6, 6.07) is 8.73. The zero-order valence-electron chi connectivity index (χ0n) is 26.0. The molecule has 2 aliphatic rings. The van der Waals surface area contributed by atoms with Crippen LogP contribution >= 0.6 is 11.6 Å². The number of hydrogen-bond acceptors (Lipinski definition) is 5. The van der Waals surface area contributed by atoms with Gasteiger partial charge in [-0.1, -0.05) is 17.7 Å². The summed E-state index contributed by atoms with van der Waals surface area (Å²) < 4.78 is 90.3. The summed E-state index contributed by atoms with van der Waals surface area (Å²) in [5.41, 5.74) is -1.87. The molecular formula is C33H37ClF6N2O5. The summed E-state index contributed by atoms with van der Waals surface area (Å²) in [5, 5.41) is 4.96. The van der Waals surface area contributed by atoms with Crippen molar-refractivity contribution in [3.63, 3.8) is 0 Å². The Morgan fingerprint density at radius 2 is 1.64 bits per heavy atom. The SMILES string of the molecule is CC(C)(C(=O)NCc1ccc(Cl)c(C(=O)Nc2ccc(OC3CCOC3)c(C(=O)CCC3CCC(C(F)(F)F)CC3)c2)c1)C(F)(F)F. The van der Waals surface area contributed by atoms with Crippen molar-refractivity contribution in [3.8, 4) is 5.75 Å². The number of amides is 2. The van der Waals surface area contributed by atoms with Gasteiger partial charge in [-0.05, 0) is 87.8 Å². The maximum absolute atomic E-state index is 13.4. The van der Waals surface area contributed by atoms with Crippen molar-refractivity contribution in [2.75, 3.05) is 18.5 Å². The van der Waals surface area contributed by atoms with Crippen molar-refractivity contribution in [2.24, 2.45) is 17.3 Å². The van der Waals surface area contributed by atoms with Gasteiger partial charge in [-0.3, -0.25) is 14.4 Å². The number of ether oxygens (including phenoxy) is 2. The van der Waals surface area contributed by atoms with E-state index in [1.165, 1.54) is 30.3 Å². The number of Topliss-reactive ketones (excluding diaryl/α,β-unsaturated/α-hetero) is 1. The highest BCUT2D eigenvalue weighted by Crippen LogP contribution is 2.41. The summed E-state index contributed by atoms with van der Waals surface area (Å²) in [6.07, 6.45) is -7.25. The minimum Gasteiger partial charge on any atom is -0.487 e. The van der Waals surface area contributed by atoms with Gasteiger partial charge in [0, 0.05) is 25.1 Å². The largest absolute Gasteiger partial charge is 0.487 e.